The minimum atomic E-state index is -1.44. The Bertz CT molecular complexity index is 1260. The lowest BCUT2D eigenvalue weighted by Crippen LogP contribution is -2.49. The van der Waals surface area contributed by atoms with Crippen LogP contribution in [0.3, 0.4) is 0 Å². The van der Waals surface area contributed by atoms with Crippen LogP contribution in [0.4, 0.5) is 9.59 Å². The smallest absolute Gasteiger partial charge is 0.420 e. The zero-order chi connectivity index (χ0) is 26.2. The zero-order valence-corrected chi connectivity index (χ0v) is 20.5. The summed E-state index contributed by atoms with van der Waals surface area (Å²) in [5, 5.41) is 9.85. The Morgan fingerprint density at radius 3 is 2.24 bits per heavy atom. The molecule has 3 N–H and O–H groups in total. The number of imide groups is 1. The molecular weight excluding hydrogens is 472 g/mol. The Kier molecular flexibility index (Phi) is 8.53. The molecule has 1 aliphatic rings. The van der Waals surface area contributed by atoms with Crippen LogP contribution in [0.2, 0.25) is 0 Å². The van der Waals surface area contributed by atoms with Crippen molar-refractivity contribution in [3.63, 3.8) is 0 Å². The average molecular weight is 503 g/mol. The van der Waals surface area contributed by atoms with Gasteiger partial charge in [0.05, 0.1) is 0 Å². The molecule has 0 spiro atoms. The second-order valence-electron chi connectivity index (χ2n) is 8.88. The van der Waals surface area contributed by atoms with Gasteiger partial charge in [0.1, 0.15) is 19.3 Å². The van der Waals surface area contributed by atoms with Crippen LogP contribution in [0.15, 0.2) is 72.8 Å². The highest BCUT2D eigenvalue weighted by molar-refractivity contribution is 5.93. The van der Waals surface area contributed by atoms with E-state index in [9.17, 15) is 19.5 Å². The molecule has 1 aliphatic carbocycles. The Morgan fingerprint density at radius 1 is 0.838 bits per heavy atom. The minimum absolute atomic E-state index is 0.0398. The maximum absolute atomic E-state index is 13.2. The van der Waals surface area contributed by atoms with Crippen molar-refractivity contribution in [2.24, 2.45) is 5.73 Å². The summed E-state index contributed by atoms with van der Waals surface area (Å²) < 4.78 is 10.8. The summed E-state index contributed by atoms with van der Waals surface area (Å²) in [7, 11) is 0. The van der Waals surface area contributed by atoms with Gasteiger partial charge in [-0.05, 0) is 65.6 Å². The van der Waals surface area contributed by atoms with E-state index in [1.54, 1.807) is 24.3 Å². The lowest BCUT2D eigenvalue weighted by molar-refractivity contribution is -0.142. The molecule has 0 heterocycles. The highest BCUT2D eigenvalue weighted by Crippen LogP contribution is 2.38. The van der Waals surface area contributed by atoms with Crippen LogP contribution < -0.4 is 5.73 Å². The molecule has 3 aromatic carbocycles. The van der Waals surface area contributed by atoms with Crippen LogP contribution >= 0.6 is 0 Å². The molecule has 8 nitrogen and oxygen atoms in total. The van der Waals surface area contributed by atoms with Gasteiger partial charge in [-0.15, -0.1) is 0 Å². The first kappa shape index (κ1) is 25.9. The lowest BCUT2D eigenvalue weighted by atomic mass is 10.0. The number of benzene rings is 3. The molecule has 4 rings (SSSR count). The molecule has 8 heteroatoms. The number of unbranched alkanes of at least 4 members (excludes halogenated alkanes) is 1. The molecule has 0 aliphatic heterocycles. The molecule has 1 atom stereocenters. The standard InChI is InChI=1S/C29H30N2O6/c30-16-7-6-15-26(27(32)33)31(28(34)36-18-20-9-2-1-3-10-20)29(35)37-19-22-12-8-14-24-23-13-5-4-11-21(23)17-25(22)24/h1-5,8-14,26H,6-7,15-19,30H2,(H,32,33). The Balaban J connectivity index is 1.51. The van der Waals surface area contributed by atoms with Gasteiger partial charge in [0.2, 0.25) is 0 Å². The first-order valence-corrected chi connectivity index (χ1v) is 12.3. The predicted molar refractivity (Wildman–Crippen MR) is 138 cm³/mol. The van der Waals surface area contributed by atoms with E-state index in [0.717, 1.165) is 22.3 Å². The maximum Gasteiger partial charge on any atom is 0.420 e. The summed E-state index contributed by atoms with van der Waals surface area (Å²) in [4.78, 5) is 38.8. The third kappa shape index (κ3) is 6.16. The number of rotatable bonds is 10. The lowest BCUT2D eigenvalue weighted by Gasteiger charge is -2.26. The van der Waals surface area contributed by atoms with Crippen LogP contribution in [-0.2, 0) is 33.9 Å². The number of ether oxygens (including phenoxy) is 2. The van der Waals surface area contributed by atoms with Crippen molar-refractivity contribution >= 4 is 18.2 Å². The van der Waals surface area contributed by atoms with Gasteiger partial charge in [-0.1, -0.05) is 72.8 Å². The van der Waals surface area contributed by atoms with E-state index in [4.69, 9.17) is 15.2 Å². The van der Waals surface area contributed by atoms with Crippen molar-refractivity contribution in [2.75, 3.05) is 6.54 Å². The number of carbonyl (C=O) groups is 3. The fourth-order valence-electron chi connectivity index (χ4n) is 4.53. The van der Waals surface area contributed by atoms with Gasteiger partial charge >= 0.3 is 18.2 Å². The number of aliphatic carboxylic acids is 1. The molecular formula is C29H30N2O6. The number of amides is 2. The van der Waals surface area contributed by atoms with Crippen molar-refractivity contribution in [3.05, 3.63) is 95.1 Å². The number of nitrogens with two attached hydrogens (primary N) is 1. The van der Waals surface area contributed by atoms with E-state index >= 15 is 0 Å². The van der Waals surface area contributed by atoms with Gasteiger partial charge in [0.15, 0.2) is 0 Å². The predicted octanol–water partition coefficient (Wildman–Crippen LogP) is 5.12. The molecule has 0 radical (unpaired) electrons. The van der Waals surface area contributed by atoms with Gasteiger partial charge < -0.3 is 20.3 Å². The zero-order valence-electron chi connectivity index (χ0n) is 20.5. The van der Waals surface area contributed by atoms with E-state index < -0.39 is 24.2 Å². The fourth-order valence-corrected chi connectivity index (χ4v) is 4.53. The number of hydrogen-bond donors (Lipinski definition) is 2. The van der Waals surface area contributed by atoms with Crippen LogP contribution in [0.25, 0.3) is 11.1 Å². The van der Waals surface area contributed by atoms with Gasteiger partial charge in [-0.3, -0.25) is 0 Å². The summed E-state index contributed by atoms with van der Waals surface area (Å²) in [6.07, 6.45) is -0.404. The topological polar surface area (TPSA) is 119 Å². The number of fused-ring (bicyclic) bond motifs is 3. The Hall–Kier alpha value is -4.17. The highest BCUT2D eigenvalue weighted by Gasteiger charge is 2.37. The van der Waals surface area contributed by atoms with Crippen molar-refractivity contribution in [3.8, 4) is 11.1 Å². The minimum Gasteiger partial charge on any atom is -0.480 e. The number of carboxylic acid groups (broad SMARTS) is 1. The Morgan fingerprint density at radius 2 is 1.51 bits per heavy atom. The summed E-state index contributed by atoms with van der Waals surface area (Å²) >= 11 is 0. The van der Waals surface area contributed by atoms with Crippen molar-refractivity contribution in [1.29, 1.82) is 0 Å². The molecule has 0 aromatic heterocycles. The number of carbonyl (C=O) groups excluding carboxylic acids is 2. The molecule has 1 unspecified atom stereocenters. The van der Waals surface area contributed by atoms with E-state index in [1.165, 1.54) is 5.56 Å². The van der Waals surface area contributed by atoms with Crippen LogP contribution in [0.1, 0.15) is 41.5 Å². The summed E-state index contributed by atoms with van der Waals surface area (Å²) in [5.41, 5.74) is 11.5. The largest absolute Gasteiger partial charge is 0.480 e. The average Bonchev–Trinajstić information content (AvgIpc) is 3.30. The molecule has 0 saturated heterocycles. The second kappa shape index (κ2) is 12.2. The summed E-state index contributed by atoms with van der Waals surface area (Å²) in [5.74, 6) is -1.32. The molecule has 0 bridgehead atoms. The molecule has 0 fully saturated rings. The second-order valence-corrected chi connectivity index (χ2v) is 8.88. The number of hydrogen-bond acceptors (Lipinski definition) is 6. The molecule has 2 amide bonds. The third-order valence-electron chi connectivity index (χ3n) is 6.43. The monoisotopic (exact) mass is 502 g/mol. The molecule has 37 heavy (non-hydrogen) atoms. The summed E-state index contributed by atoms with van der Waals surface area (Å²) in [6.45, 7) is 0.160. The molecule has 192 valence electrons. The first-order valence-electron chi connectivity index (χ1n) is 12.3. The van der Waals surface area contributed by atoms with Crippen molar-refractivity contribution in [2.45, 2.75) is 44.9 Å². The summed E-state index contributed by atoms with van der Waals surface area (Å²) in [6, 6.07) is 21.4. The van der Waals surface area contributed by atoms with Crippen LogP contribution in [-0.4, -0.2) is 40.7 Å². The van der Waals surface area contributed by atoms with Crippen molar-refractivity contribution in [1.82, 2.24) is 4.90 Å². The van der Waals surface area contributed by atoms with Gasteiger partial charge in [0.25, 0.3) is 0 Å². The quantitative estimate of drug-likeness (QED) is 0.289. The van der Waals surface area contributed by atoms with E-state index in [0.29, 0.717) is 36.3 Å². The number of carboxylic acids is 1. The fraction of sp³-hybridized carbons (Fsp3) is 0.276. The van der Waals surface area contributed by atoms with Crippen molar-refractivity contribution < 1.29 is 29.0 Å². The SMILES string of the molecule is NCCCCC(C(=O)O)N(C(=O)OCc1ccccc1)C(=O)OCc1cccc2c1Cc1ccccc1-2. The van der Waals surface area contributed by atoms with E-state index in [2.05, 4.69) is 12.1 Å². The van der Waals surface area contributed by atoms with Gasteiger partial charge in [-0.2, -0.15) is 4.90 Å². The third-order valence-corrected chi connectivity index (χ3v) is 6.43. The van der Waals surface area contributed by atoms with Gasteiger partial charge in [0, 0.05) is 0 Å². The number of nitrogens with zero attached hydrogens (tertiary/aromatic N) is 1. The molecule has 3 aromatic rings. The van der Waals surface area contributed by atoms with E-state index in [1.807, 2.05) is 36.4 Å². The Labute approximate surface area is 215 Å². The van der Waals surface area contributed by atoms with Gasteiger partial charge in [-0.25, -0.2) is 14.4 Å². The normalized spacial score (nSPS) is 12.2. The molecule has 0 saturated carbocycles. The van der Waals surface area contributed by atoms with E-state index in [-0.39, 0.29) is 19.6 Å². The first-order chi connectivity index (χ1) is 18.0. The van der Waals surface area contributed by atoms with Crippen LogP contribution in [0, 0.1) is 0 Å². The highest BCUT2D eigenvalue weighted by atomic mass is 16.6. The van der Waals surface area contributed by atoms with Crippen LogP contribution in [0.5, 0.6) is 0 Å². The maximum atomic E-state index is 13.2.